The number of hydrogen-bond acceptors (Lipinski definition) is 11. The molecule has 7 N–H and O–H groups in total. The van der Waals surface area contributed by atoms with Crippen molar-refractivity contribution in [2.24, 2.45) is 20.5 Å². The molecule has 0 amide bonds. The molecular formula is C22H22N8O6S. The van der Waals surface area contributed by atoms with Gasteiger partial charge in [0.15, 0.2) is 11.6 Å². The predicted octanol–water partition coefficient (Wildman–Crippen LogP) is 3.67. The van der Waals surface area contributed by atoms with E-state index in [1.165, 1.54) is 30.3 Å². The lowest BCUT2D eigenvalue weighted by Crippen LogP contribution is -2.41. The van der Waals surface area contributed by atoms with Crippen molar-refractivity contribution >= 4 is 56.3 Å². The van der Waals surface area contributed by atoms with E-state index in [9.17, 15) is 23.1 Å². The van der Waals surface area contributed by atoms with Crippen molar-refractivity contribution in [1.82, 2.24) is 9.71 Å². The van der Waals surface area contributed by atoms with Crippen LogP contribution < -0.4 is 16.2 Å². The maximum absolute atomic E-state index is 12.5. The molecule has 0 radical (unpaired) electrons. The second kappa shape index (κ2) is 11.8. The van der Waals surface area contributed by atoms with Gasteiger partial charge in [-0.3, -0.25) is 9.59 Å². The van der Waals surface area contributed by atoms with E-state index in [2.05, 4.69) is 25.4 Å². The van der Waals surface area contributed by atoms with Gasteiger partial charge in [-0.15, -0.1) is 10.2 Å². The average molecular weight is 527 g/mol. The number of nitrogens with one attached hydrogen (secondary N) is 1. The van der Waals surface area contributed by atoms with Crippen LogP contribution in [0.25, 0.3) is 0 Å². The molecule has 0 unspecified atom stereocenters. The Labute approximate surface area is 210 Å². The number of nitrogens with two attached hydrogens (primary N) is 2. The number of aromatic nitrogens is 1. The van der Waals surface area contributed by atoms with Crippen molar-refractivity contribution in [3.63, 3.8) is 0 Å². The smallest absolute Gasteiger partial charge is 0.321 e. The van der Waals surface area contributed by atoms with E-state index < -0.39 is 40.8 Å². The summed E-state index contributed by atoms with van der Waals surface area (Å²) < 4.78 is 27.0. The molecule has 1 aromatic heterocycles. The van der Waals surface area contributed by atoms with E-state index >= 15 is 0 Å². The second-order valence-electron chi connectivity index (χ2n) is 7.47. The Hall–Kier alpha value is -4.76. The van der Waals surface area contributed by atoms with Crippen molar-refractivity contribution < 1.29 is 28.2 Å². The normalized spacial score (nSPS) is 12.6. The van der Waals surface area contributed by atoms with E-state index in [4.69, 9.17) is 16.6 Å². The minimum Gasteiger partial charge on any atom is -0.481 e. The summed E-state index contributed by atoms with van der Waals surface area (Å²) in [5.74, 6) is -2.71. The third-order valence-electron chi connectivity index (χ3n) is 4.73. The molecule has 0 saturated carbocycles. The first-order valence-electron chi connectivity index (χ1n) is 10.6. The van der Waals surface area contributed by atoms with Crippen molar-refractivity contribution in [3.05, 3.63) is 60.7 Å². The molecular weight excluding hydrogens is 504 g/mol. The summed E-state index contributed by atoms with van der Waals surface area (Å²) in [5, 5.41) is 34.1. The summed E-state index contributed by atoms with van der Waals surface area (Å²) in [6.45, 7) is 0. The number of carboxylic acids is 2. The molecule has 0 fully saturated rings. The molecule has 1 atom stereocenters. The zero-order valence-electron chi connectivity index (χ0n) is 19.1. The molecule has 0 aliphatic carbocycles. The molecule has 37 heavy (non-hydrogen) atoms. The molecule has 0 aliphatic heterocycles. The molecule has 3 aromatic rings. The Morgan fingerprint density at radius 1 is 0.865 bits per heavy atom. The number of nitrogen functional groups attached to an aromatic ring is 2. The SMILES string of the molecule is Nc1nc(N)c(N=Nc2ccc(S(=O)(=O)N[C@H](CCC(=O)O)C(=O)O)cc2)cc1N=Nc1ccccc1. The van der Waals surface area contributed by atoms with E-state index in [-0.39, 0.29) is 33.6 Å². The molecule has 0 saturated heterocycles. The number of sulfonamides is 1. The van der Waals surface area contributed by atoms with E-state index in [0.29, 0.717) is 5.69 Å². The van der Waals surface area contributed by atoms with Gasteiger partial charge in [-0.2, -0.15) is 15.0 Å². The molecule has 1 heterocycles. The Morgan fingerprint density at radius 3 is 1.92 bits per heavy atom. The van der Waals surface area contributed by atoms with Gasteiger partial charge in [0.05, 0.1) is 16.3 Å². The summed E-state index contributed by atoms with van der Waals surface area (Å²) in [7, 11) is -4.25. The number of rotatable bonds is 11. The third kappa shape index (κ3) is 7.61. The first-order chi connectivity index (χ1) is 17.5. The number of azo groups is 2. The lowest BCUT2D eigenvalue weighted by atomic mass is 10.2. The number of carbonyl (C=O) groups is 2. The molecule has 14 nitrogen and oxygen atoms in total. The van der Waals surface area contributed by atoms with Crippen LogP contribution in [0.2, 0.25) is 0 Å². The van der Waals surface area contributed by atoms with E-state index in [1.54, 1.807) is 24.3 Å². The number of aliphatic carboxylic acids is 2. The van der Waals surface area contributed by atoms with Gasteiger partial charge >= 0.3 is 11.9 Å². The zero-order valence-corrected chi connectivity index (χ0v) is 19.9. The molecule has 0 spiro atoms. The van der Waals surface area contributed by atoms with Gasteiger partial charge in [0.2, 0.25) is 10.0 Å². The highest BCUT2D eigenvalue weighted by Gasteiger charge is 2.26. The van der Waals surface area contributed by atoms with Crippen LogP contribution in [0.3, 0.4) is 0 Å². The van der Waals surface area contributed by atoms with Gasteiger partial charge < -0.3 is 21.7 Å². The van der Waals surface area contributed by atoms with Gasteiger partial charge in [-0.25, -0.2) is 13.4 Å². The molecule has 192 valence electrons. The fourth-order valence-corrected chi connectivity index (χ4v) is 4.07. The fraction of sp³-hybridized carbons (Fsp3) is 0.136. The topological polar surface area (TPSA) is 235 Å². The number of anilines is 2. The monoisotopic (exact) mass is 526 g/mol. The molecule has 0 aliphatic rings. The van der Waals surface area contributed by atoms with Gasteiger partial charge in [0.25, 0.3) is 0 Å². The summed E-state index contributed by atoms with van der Waals surface area (Å²) >= 11 is 0. The zero-order chi connectivity index (χ0) is 27.0. The fourth-order valence-electron chi connectivity index (χ4n) is 2.85. The first kappa shape index (κ1) is 26.8. The predicted molar refractivity (Wildman–Crippen MR) is 133 cm³/mol. The summed E-state index contributed by atoms with van der Waals surface area (Å²) in [6.07, 6.45) is -0.933. The van der Waals surface area contributed by atoms with Crippen LogP contribution in [0.1, 0.15) is 12.8 Å². The number of hydrogen-bond donors (Lipinski definition) is 5. The first-order valence-corrected chi connectivity index (χ1v) is 12.0. The van der Waals surface area contributed by atoms with Crippen LogP contribution in [-0.4, -0.2) is 41.6 Å². The van der Waals surface area contributed by atoms with Crippen LogP contribution in [0.5, 0.6) is 0 Å². The summed E-state index contributed by atoms with van der Waals surface area (Å²) in [6, 6.07) is 13.8. The van der Waals surface area contributed by atoms with Gasteiger partial charge in [-0.1, -0.05) is 18.2 Å². The largest absolute Gasteiger partial charge is 0.481 e. The maximum atomic E-state index is 12.5. The maximum Gasteiger partial charge on any atom is 0.321 e. The van der Waals surface area contributed by atoms with Crippen LogP contribution in [0, 0.1) is 0 Å². The summed E-state index contributed by atoms with van der Waals surface area (Å²) in [4.78, 5) is 25.7. The number of nitrogens with zero attached hydrogens (tertiary/aromatic N) is 5. The van der Waals surface area contributed by atoms with E-state index in [1.807, 2.05) is 10.8 Å². The van der Waals surface area contributed by atoms with Crippen LogP contribution in [0.4, 0.5) is 34.4 Å². The third-order valence-corrected chi connectivity index (χ3v) is 6.22. The lowest BCUT2D eigenvalue weighted by molar-refractivity contribution is -0.140. The van der Waals surface area contributed by atoms with Gasteiger partial charge in [0, 0.05) is 12.5 Å². The van der Waals surface area contributed by atoms with Gasteiger partial charge in [-0.05, 0) is 42.8 Å². The van der Waals surface area contributed by atoms with Gasteiger partial charge in [0.1, 0.15) is 17.4 Å². The Morgan fingerprint density at radius 2 is 1.41 bits per heavy atom. The molecule has 15 heteroatoms. The van der Waals surface area contributed by atoms with Crippen LogP contribution in [-0.2, 0) is 19.6 Å². The number of pyridine rings is 1. The highest BCUT2D eigenvalue weighted by molar-refractivity contribution is 7.89. The molecule has 0 bridgehead atoms. The highest BCUT2D eigenvalue weighted by Crippen LogP contribution is 2.32. The average Bonchev–Trinajstić information content (AvgIpc) is 2.86. The van der Waals surface area contributed by atoms with Crippen LogP contribution in [0.15, 0.2) is 86.0 Å². The minimum atomic E-state index is -4.25. The van der Waals surface area contributed by atoms with Crippen molar-refractivity contribution in [3.8, 4) is 0 Å². The van der Waals surface area contributed by atoms with E-state index in [0.717, 1.165) is 0 Å². The standard InChI is InChI=1S/C22H22N8O6S/c23-20-17(28-26-13-4-2-1-3-5-13)12-18(21(24)25-20)29-27-14-6-8-15(9-7-14)37(35,36)30-16(22(33)34)10-11-19(31)32/h1-9,12,16,30H,10-11H2,(H,31,32)(H,33,34)(H4,23,24,25)/t16-/m1/s1. The quantitative estimate of drug-likeness (QED) is 0.229. The van der Waals surface area contributed by atoms with Crippen molar-refractivity contribution in [1.29, 1.82) is 0 Å². The number of carboxylic acid groups (broad SMARTS) is 2. The molecule has 2 aromatic carbocycles. The van der Waals surface area contributed by atoms with Crippen molar-refractivity contribution in [2.75, 3.05) is 11.5 Å². The van der Waals surface area contributed by atoms with Crippen LogP contribution >= 0.6 is 0 Å². The Kier molecular flexibility index (Phi) is 8.55. The Balaban J connectivity index is 1.76. The molecule has 3 rings (SSSR count). The van der Waals surface area contributed by atoms with Crippen molar-refractivity contribution in [2.45, 2.75) is 23.8 Å². The lowest BCUT2D eigenvalue weighted by Gasteiger charge is -2.14. The number of benzene rings is 2. The minimum absolute atomic E-state index is 0.00983. The summed E-state index contributed by atoms with van der Waals surface area (Å²) in [5.41, 5.74) is 12.9. The highest BCUT2D eigenvalue weighted by atomic mass is 32.2. The Bertz CT molecular complexity index is 1440. The second-order valence-corrected chi connectivity index (χ2v) is 9.19.